The molecule has 1 fully saturated rings. The lowest BCUT2D eigenvalue weighted by Crippen LogP contribution is -2.49. The number of aromatic nitrogens is 2. The van der Waals surface area contributed by atoms with Crippen molar-refractivity contribution in [3.8, 4) is 5.75 Å². The van der Waals surface area contributed by atoms with Gasteiger partial charge >= 0.3 is 0 Å². The fourth-order valence-electron chi connectivity index (χ4n) is 3.33. The first kappa shape index (κ1) is 17.3. The zero-order valence-electron chi connectivity index (χ0n) is 14.9. The summed E-state index contributed by atoms with van der Waals surface area (Å²) in [6, 6.07) is 3.65. The zero-order valence-corrected chi connectivity index (χ0v) is 14.9. The number of imidazole rings is 1. The van der Waals surface area contributed by atoms with E-state index in [4.69, 9.17) is 4.74 Å². The number of likely N-dealkylation sites (tertiary alicyclic amines) is 1. The van der Waals surface area contributed by atoms with Gasteiger partial charge in [0.1, 0.15) is 5.69 Å². The number of rotatable bonds is 4. The van der Waals surface area contributed by atoms with E-state index in [0.29, 0.717) is 35.9 Å². The molecule has 7 heteroatoms. The molecule has 1 N–H and O–H groups in total. The van der Waals surface area contributed by atoms with Gasteiger partial charge in [-0.25, -0.2) is 4.98 Å². The van der Waals surface area contributed by atoms with Crippen LogP contribution in [0.1, 0.15) is 42.9 Å². The van der Waals surface area contributed by atoms with Crippen LogP contribution in [0.3, 0.4) is 0 Å². The number of hydrogen-bond donors (Lipinski definition) is 1. The Balaban J connectivity index is 1.84. The van der Waals surface area contributed by atoms with Crippen LogP contribution in [0.5, 0.6) is 5.75 Å². The van der Waals surface area contributed by atoms with E-state index in [1.165, 1.54) is 0 Å². The molecule has 3 heterocycles. The van der Waals surface area contributed by atoms with E-state index in [9.17, 15) is 9.59 Å². The molecule has 1 atom stereocenters. The van der Waals surface area contributed by atoms with E-state index in [2.05, 4.69) is 10.3 Å². The molecular weight excluding hydrogens is 320 g/mol. The van der Waals surface area contributed by atoms with Crippen molar-refractivity contribution in [3.05, 3.63) is 29.7 Å². The summed E-state index contributed by atoms with van der Waals surface area (Å²) in [4.78, 5) is 30.7. The Kier molecular flexibility index (Phi) is 4.92. The van der Waals surface area contributed by atoms with Gasteiger partial charge in [0.15, 0.2) is 11.4 Å². The van der Waals surface area contributed by atoms with Gasteiger partial charge in [0.05, 0.1) is 12.3 Å². The molecule has 0 unspecified atom stereocenters. The molecule has 1 aliphatic heterocycles. The highest BCUT2D eigenvalue weighted by molar-refractivity contribution is 5.95. The molecule has 0 radical (unpaired) electrons. The monoisotopic (exact) mass is 344 g/mol. The lowest BCUT2D eigenvalue weighted by atomic mass is 10.1. The summed E-state index contributed by atoms with van der Waals surface area (Å²) in [5.41, 5.74) is 1.81. The van der Waals surface area contributed by atoms with Crippen LogP contribution in [0.4, 0.5) is 0 Å². The van der Waals surface area contributed by atoms with Crippen LogP contribution in [-0.4, -0.2) is 51.8 Å². The molecular formula is C18H24N4O3. The van der Waals surface area contributed by atoms with Gasteiger partial charge in [-0.1, -0.05) is 0 Å². The summed E-state index contributed by atoms with van der Waals surface area (Å²) in [7, 11) is 0. The van der Waals surface area contributed by atoms with E-state index in [1.54, 1.807) is 16.2 Å². The van der Waals surface area contributed by atoms with Crippen LogP contribution in [-0.2, 0) is 4.79 Å². The van der Waals surface area contributed by atoms with Crippen LogP contribution in [0.15, 0.2) is 18.3 Å². The minimum Gasteiger partial charge on any atom is -0.490 e. The number of pyridine rings is 1. The third-order valence-corrected chi connectivity index (χ3v) is 4.51. The van der Waals surface area contributed by atoms with Crippen LogP contribution in [0.25, 0.3) is 5.65 Å². The zero-order chi connectivity index (χ0) is 18.0. The predicted octanol–water partition coefficient (Wildman–Crippen LogP) is 1.78. The molecule has 2 aromatic heterocycles. The Morgan fingerprint density at radius 1 is 1.44 bits per heavy atom. The molecule has 2 amide bonds. The van der Waals surface area contributed by atoms with E-state index >= 15 is 0 Å². The van der Waals surface area contributed by atoms with Crippen LogP contribution in [0, 0.1) is 6.92 Å². The summed E-state index contributed by atoms with van der Waals surface area (Å²) in [5.74, 6) is 0.535. The number of aryl methyl sites for hydroxylation is 1. The lowest BCUT2D eigenvalue weighted by Gasteiger charge is -2.32. The van der Waals surface area contributed by atoms with Crippen molar-refractivity contribution < 1.29 is 14.3 Å². The number of nitrogens with zero attached hydrogens (tertiary/aromatic N) is 3. The Hall–Kier alpha value is -2.57. The first-order valence-electron chi connectivity index (χ1n) is 8.68. The van der Waals surface area contributed by atoms with Gasteiger partial charge in [-0.05, 0) is 38.8 Å². The SMILES string of the molecule is CCOc1cccn2c(C(=O)N[C@H]3CCCN(C(C)=O)C3)c(C)nc12. The van der Waals surface area contributed by atoms with Crippen LogP contribution < -0.4 is 10.1 Å². The molecule has 0 aromatic carbocycles. The number of amides is 2. The third-order valence-electron chi connectivity index (χ3n) is 4.51. The molecule has 1 saturated heterocycles. The van der Waals surface area contributed by atoms with Crippen molar-refractivity contribution in [2.45, 2.75) is 39.7 Å². The topological polar surface area (TPSA) is 75.9 Å². The molecule has 0 bridgehead atoms. The predicted molar refractivity (Wildman–Crippen MR) is 93.8 cm³/mol. The van der Waals surface area contributed by atoms with Crippen molar-refractivity contribution in [2.75, 3.05) is 19.7 Å². The average Bonchev–Trinajstić information content (AvgIpc) is 2.92. The molecule has 0 aliphatic carbocycles. The Morgan fingerprint density at radius 2 is 2.24 bits per heavy atom. The smallest absolute Gasteiger partial charge is 0.270 e. The number of nitrogens with one attached hydrogen (secondary N) is 1. The fourth-order valence-corrected chi connectivity index (χ4v) is 3.33. The number of ether oxygens (including phenoxy) is 1. The molecule has 7 nitrogen and oxygen atoms in total. The Morgan fingerprint density at radius 3 is 2.96 bits per heavy atom. The van der Waals surface area contributed by atoms with Gasteiger partial charge in [-0.3, -0.25) is 14.0 Å². The largest absolute Gasteiger partial charge is 0.490 e. The summed E-state index contributed by atoms with van der Waals surface area (Å²) in [6.07, 6.45) is 3.58. The summed E-state index contributed by atoms with van der Waals surface area (Å²) >= 11 is 0. The number of piperidine rings is 1. The number of hydrogen-bond acceptors (Lipinski definition) is 4. The summed E-state index contributed by atoms with van der Waals surface area (Å²) < 4.78 is 7.36. The molecule has 2 aromatic rings. The van der Waals surface area contributed by atoms with Gasteiger partial charge in [0.2, 0.25) is 5.91 Å². The van der Waals surface area contributed by atoms with Gasteiger partial charge in [0, 0.05) is 32.3 Å². The molecule has 3 rings (SSSR count). The highest BCUT2D eigenvalue weighted by Gasteiger charge is 2.25. The second-order valence-corrected chi connectivity index (χ2v) is 6.32. The van der Waals surface area contributed by atoms with Crippen molar-refractivity contribution in [3.63, 3.8) is 0 Å². The molecule has 1 aliphatic rings. The standard InChI is InChI=1S/C18H24N4O3/c1-4-25-15-8-6-10-22-16(12(2)19-17(15)22)18(24)20-14-7-5-9-21(11-14)13(3)23/h6,8,10,14H,4-5,7,9,11H2,1-3H3,(H,20,24)/t14-/m0/s1. The summed E-state index contributed by atoms with van der Waals surface area (Å²) in [6.45, 7) is 7.15. The van der Waals surface area contributed by atoms with E-state index in [-0.39, 0.29) is 17.9 Å². The normalized spacial score (nSPS) is 17.6. The van der Waals surface area contributed by atoms with Gasteiger partial charge in [0.25, 0.3) is 5.91 Å². The molecule has 134 valence electrons. The molecule has 0 saturated carbocycles. The Bertz CT molecular complexity index is 799. The fraction of sp³-hybridized carbons (Fsp3) is 0.500. The second kappa shape index (κ2) is 7.13. The number of carbonyl (C=O) groups excluding carboxylic acids is 2. The minimum absolute atomic E-state index is 0.0369. The van der Waals surface area contributed by atoms with Gasteiger partial charge < -0.3 is 15.0 Å². The second-order valence-electron chi connectivity index (χ2n) is 6.32. The Labute approximate surface area is 147 Å². The first-order valence-corrected chi connectivity index (χ1v) is 8.68. The van der Waals surface area contributed by atoms with E-state index in [0.717, 1.165) is 19.4 Å². The van der Waals surface area contributed by atoms with E-state index in [1.807, 2.05) is 32.2 Å². The van der Waals surface area contributed by atoms with Crippen LogP contribution >= 0.6 is 0 Å². The molecule has 25 heavy (non-hydrogen) atoms. The first-order chi connectivity index (χ1) is 12.0. The van der Waals surface area contributed by atoms with Gasteiger partial charge in [-0.2, -0.15) is 0 Å². The maximum absolute atomic E-state index is 12.8. The minimum atomic E-state index is -0.172. The van der Waals surface area contributed by atoms with E-state index < -0.39 is 0 Å². The van der Waals surface area contributed by atoms with Crippen molar-refractivity contribution in [2.24, 2.45) is 0 Å². The average molecular weight is 344 g/mol. The number of fused-ring (bicyclic) bond motifs is 1. The van der Waals surface area contributed by atoms with Gasteiger partial charge in [-0.15, -0.1) is 0 Å². The van der Waals surface area contributed by atoms with Crippen molar-refractivity contribution in [1.29, 1.82) is 0 Å². The third kappa shape index (κ3) is 3.45. The lowest BCUT2D eigenvalue weighted by molar-refractivity contribution is -0.130. The van der Waals surface area contributed by atoms with Crippen molar-refractivity contribution >= 4 is 17.5 Å². The maximum atomic E-state index is 12.8. The number of carbonyl (C=O) groups is 2. The van der Waals surface area contributed by atoms with Crippen molar-refractivity contribution in [1.82, 2.24) is 19.6 Å². The van der Waals surface area contributed by atoms with Crippen LogP contribution in [0.2, 0.25) is 0 Å². The summed E-state index contributed by atoms with van der Waals surface area (Å²) in [5, 5.41) is 3.06. The quantitative estimate of drug-likeness (QED) is 0.917. The molecule has 0 spiro atoms. The highest BCUT2D eigenvalue weighted by Crippen LogP contribution is 2.22. The highest BCUT2D eigenvalue weighted by atomic mass is 16.5. The maximum Gasteiger partial charge on any atom is 0.270 e.